The summed E-state index contributed by atoms with van der Waals surface area (Å²) in [6, 6.07) is 7.61. The van der Waals surface area contributed by atoms with Crippen molar-refractivity contribution in [2.75, 3.05) is 11.9 Å². The Morgan fingerprint density at radius 2 is 2.00 bits per heavy atom. The van der Waals surface area contributed by atoms with Gasteiger partial charge in [-0.25, -0.2) is 15.0 Å². The summed E-state index contributed by atoms with van der Waals surface area (Å²) in [5, 5.41) is 17.5. The van der Waals surface area contributed by atoms with Crippen molar-refractivity contribution >= 4 is 23.0 Å². The first-order valence-electron chi connectivity index (χ1n) is 11.2. The molecule has 33 heavy (non-hydrogen) atoms. The van der Waals surface area contributed by atoms with Crippen molar-refractivity contribution in [1.29, 1.82) is 0 Å². The minimum Gasteiger partial charge on any atom is -0.481 e. The number of carboxylic acids is 1. The van der Waals surface area contributed by atoms with Crippen molar-refractivity contribution in [1.82, 2.24) is 29.7 Å². The second-order valence-electron chi connectivity index (χ2n) is 8.26. The minimum atomic E-state index is -0.900. The van der Waals surface area contributed by atoms with Gasteiger partial charge in [-0.3, -0.25) is 14.5 Å². The molecular formula is C24H25N7O2. The molecule has 1 aliphatic heterocycles. The monoisotopic (exact) mass is 443 g/mol. The number of nitrogens with zero attached hydrogens (tertiary/aromatic N) is 6. The fraction of sp³-hybridized carbons (Fsp3) is 0.333. The average molecular weight is 444 g/mol. The van der Waals surface area contributed by atoms with E-state index in [1.807, 2.05) is 18.3 Å². The molecule has 0 saturated heterocycles. The van der Waals surface area contributed by atoms with Crippen molar-refractivity contribution in [2.45, 2.75) is 44.6 Å². The molecule has 4 aromatic heterocycles. The third-order valence-corrected chi connectivity index (χ3v) is 5.90. The number of pyridine rings is 2. The second kappa shape index (κ2) is 9.32. The van der Waals surface area contributed by atoms with Gasteiger partial charge >= 0.3 is 5.97 Å². The maximum Gasteiger partial charge on any atom is 0.305 e. The molecular weight excluding hydrogens is 418 g/mol. The van der Waals surface area contributed by atoms with Crippen LogP contribution in [0.5, 0.6) is 0 Å². The molecule has 0 aromatic carbocycles. The Morgan fingerprint density at radius 1 is 1.12 bits per heavy atom. The van der Waals surface area contributed by atoms with Gasteiger partial charge in [-0.15, -0.1) is 0 Å². The highest BCUT2D eigenvalue weighted by atomic mass is 16.4. The lowest BCUT2D eigenvalue weighted by Gasteiger charge is -2.17. The number of carboxylic acid groups (broad SMARTS) is 1. The predicted molar refractivity (Wildman–Crippen MR) is 123 cm³/mol. The van der Waals surface area contributed by atoms with Crippen LogP contribution in [0.15, 0.2) is 49.1 Å². The SMILES string of the molecule is O=C(O)CC(c1cnc2nccnc2c1)n1ccc(CCCc2ccc3c(n2)NCCC3)n1. The molecule has 0 radical (unpaired) electrons. The zero-order valence-electron chi connectivity index (χ0n) is 18.2. The molecule has 5 heterocycles. The quantitative estimate of drug-likeness (QED) is 0.426. The molecule has 0 aliphatic carbocycles. The lowest BCUT2D eigenvalue weighted by atomic mass is 10.1. The highest BCUT2D eigenvalue weighted by molar-refractivity contribution is 5.71. The summed E-state index contributed by atoms with van der Waals surface area (Å²) in [4.78, 5) is 29.1. The molecule has 0 bridgehead atoms. The van der Waals surface area contributed by atoms with E-state index in [4.69, 9.17) is 4.98 Å². The summed E-state index contributed by atoms with van der Waals surface area (Å²) in [5.41, 5.74) is 5.20. The Hall–Kier alpha value is -3.88. The third-order valence-electron chi connectivity index (χ3n) is 5.90. The summed E-state index contributed by atoms with van der Waals surface area (Å²) in [5.74, 6) is 0.122. The van der Waals surface area contributed by atoms with E-state index in [-0.39, 0.29) is 6.42 Å². The number of aromatic nitrogens is 6. The van der Waals surface area contributed by atoms with E-state index < -0.39 is 12.0 Å². The van der Waals surface area contributed by atoms with E-state index in [0.717, 1.165) is 61.4 Å². The first-order valence-corrected chi connectivity index (χ1v) is 11.2. The summed E-state index contributed by atoms with van der Waals surface area (Å²) in [6.07, 6.45) is 11.4. The average Bonchev–Trinajstić information content (AvgIpc) is 3.30. The van der Waals surface area contributed by atoms with Crippen LogP contribution in [0.2, 0.25) is 0 Å². The van der Waals surface area contributed by atoms with E-state index >= 15 is 0 Å². The van der Waals surface area contributed by atoms with Crippen LogP contribution in [0.3, 0.4) is 0 Å². The molecule has 0 saturated carbocycles. The Morgan fingerprint density at radius 3 is 2.91 bits per heavy atom. The molecule has 9 nitrogen and oxygen atoms in total. The molecule has 1 unspecified atom stereocenters. The van der Waals surface area contributed by atoms with Gasteiger partial charge in [0.2, 0.25) is 0 Å². The first-order chi connectivity index (χ1) is 16.2. The van der Waals surface area contributed by atoms with Crippen molar-refractivity contribution in [3.05, 3.63) is 71.6 Å². The van der Waals surface area contributed by atoms with Crippen LogP contribution in [0.4, 0.5) is 5.82 Å². The van der Waals surface area contributed by atoms with Crippen LogP contribution < -0.4 is 5.32 Å². The Labute approximate surface area is 190 Å². The maximum absolute atomic E-state index is 11.6. The molecule has 5 rings (SSSR count). The van der Waals surface area contributed by atoms with E-state index in [2.05, 4.69) is 37.5 Å². The van der Waals surface area contributed by atoms with Gasteiger partial charge in [0.1, 0.15) is 11.3 Å². The molecule has 9 heteroatoms. The van der Waals surface area contributed by atoms with Gasteiger partial charge < -0.3 is 10.4 Å². The van der Waals surface area contributed by atoms with Crippen LogP contribution in [0.1, 0.15) is 47.8 Å². The van der Waals surface area contributed by atoms with Gasteiger partial charge in [-0.2, -0.15) is 5.10 Å². The number of fused-ring (bicyclic) bond motifs is 2. The number of aryl methyl sites for hydroxylation is 3. The summed E-state index contributed by atoms with van der Waals surface area (Å²) >= 11 is 0. The van der Waals surface area contributed by atoms with E-state index in [9.17, 15) is 9.90 Å². The number of anilines is 1. The minimum absolute atomic E-state index is 0.0966. The van der Waals surface area contributed by atoms with Gasteiger partial charge in [0, 0.05) is 37.0 Å². The van der Waals surface area contributed by atoms with E-state index in [1.54, 1.807) is 23.3 Å². The number of hydrogen-bond acceptors (Lipinski definition) is 7. The zero-order valence-corrected chi connectivity index (χ0v) is 18.2. The van der Waals surface area contributed by atoms with Gasteiger partial charge in [0.25, 0.3) is 0 Å². The molecule has 0 spiro atoms. The lowest BCUT2D eigenvalue weighted by molar-refractivity contribution is -0.137. The molecule has 1 atom stereocenters. The van der Waals surface area contributed by atoms with Crippen LogP contribution in [0, 0.1) is 0 Å². The fourth-order valence-corrected chi connectivity index (χ4v) is 4.23. The summed E-state index contributed by atoms with van der Waals surface area (Å²) < 4.78 is 1.71. The Kier molecular flexibility index (Phi) is 5.93. The molecule has 1 aliphatic rings. The van der Waals surface area contributed by atoms with Crippen LogP contribution >= 0.6 is 0 Å². The largest absolute Gasteiger partial charge is 0.481 e. The number of aliphatic carboxylic acids is 1. The highest BCUT2D eigenvalue weighted by Gasteiger charge is 2.20. The third kappa shape index (κ3) is 4.82. The number of hydrogen-bond donors (Lipinski definition) is 2. The van der Waals surface area contributed by atoms with E-state index in [0.29, 0.717) is 11.2 Å². The van der Waals surface area contributed by atoms with Crippen molar-refractivity contribution < 1.29 is 9.90 Å². The van der Waals surface area contributed by atoms with Crippen molar-refractivity contribution in [2.24, 2.45) is 0 Å². The maximum atomic E-state index is 11.6. The molecule has 168 valence electrons. The Balaban J connectivity index is 1.28. The van der Waals surface area contributed by atoms with Crippen molar-refractivity contribution in [3.8, 4) is 0 Å². The van der Waals surface area contributed by atoms with Crippen LogP contribution in [0.25, 0.3) is 11.2 Å². The number of carbonyl (C=O) groups is 1. The number of nitrogens with one attached hydrogen (secondary N) is 1. The topological polar surface area (TPSA) is 119 Å². The highest BCUT2D eigenvalue weighted by Crippen LogP contribution is 2.24. The molecule has 0 amide bonds. The van der Waals surface area contributed by atoms with Crippen LogP contribution in [-0.2, 0) is 24.1 Å². The normalized spacial score (nSPS) is 13.9. The zero-order chi connectivity index (χ0) is 22.6. The lowest BCUT2D eigenvalue weighted by Crippen LogP contribution is -2.16. The Bertz CT molecular complexity index is 1290. The van der Waals surface area contributed by atoms with Gasteiger partial charge in [-0.05, 0) is 61.4 Å². The predicted octanol–water partition coefficient (Wildman–Crippen LogP) is 3.21. The fourth-order valence-electron chi connectivity index (χ4n) is 4.23. The number of rotatable bonds is 8. The van der Waals surface area contributed by atoms with Crippen LogP contribution in [-0.4, -0.2) is 47.3 Å². The molecule has 0 fully saturated rings. The second-order valence-corrected chi connectivity index (χ2v) is 8.26. The first kappa shape index (κ1) is 21.0. The van der Waals surface area contributed by atoms with Gasteiger partial charge in [0.15, 0.2) is 5.65 Å². The van der Waals surface area contributed by atoms with E-state index in [1.165, 1.54) is 5.56 Å². The standard InChI is InChI=1S/C24H25N7O2/c32-22(33)14-21(17-13-20-24(28-15-17)27-11-10-25-20)31-12-8-19(30-31)5-1-4-18-7-6-16-3-2-9-26-23(16)29-18/h6-8,10-13,15,21H,1-5,9,14H2,(H,26,29)(H,32,33). The molecule has 4 aromatic rings. The van der Waals surface area contributed by atoms with Gasteiger partial charge in [0.05, 0.1) is 18.2 Å². The summed E-state index contributed by atoms with van der Waals surface area (Å²) in [6.45, 7) is 0.984. The van der Waals surface area contributed by atoms with Crippen molar-refractivity contribution in [3.63, 3.8) is 0 Å². The summed E-state index contributed by atoms with van der Waals surface area (Å²) in [7, 11) is 0. The smallest absolute Gasteiger partial charge is 0.305 e. The molecule has 2 N–H and O–H groups in total. The van der Waals surface area contributed by atoms with Gasteiger partial charge in [-0.1, -0.05) is 6.07 Å².